The van der Waals surface area contributed by atoms with Crippen LogP contribution >= 0.6 is 23.2 Å². The molecule has 0 saturated carbocycles. The Labute approximate surface area is 120 Å². The van der Waals surface area contributed by atoms with Crippen LogP contribution in [0.1, 0.15) is 24.8 Å². The summed E-state index contributed by atoms with van der Waals surface area (Å²) in [5.41, 5.74) is 1.15. The average Bonchev–Trinajstić information content (AvgIpc) is 2.36. The van der Waals surface area contributed by atoms with Gasteiger partial charge in [-0.1, -0.05) is 29.6 Å². The summed E-state index contributed by atoms with van der Waals surface area (Å²) in [4.78, 5) is 0. The van der Waals surface area contributed by atoms with E-state index in [1.54, 1.807) is 7.11 Å². The third kappa shape index (κ3) is 6.60. The molecule has 1 N–H and O–H groups in total. The Kier molecular flexibility index (Phi) is 8.44. The molecule has 0 aliphatic carbocycles. The lowest BCUT2D eigenvalue weighted by Crippen LogP contribution is -2.20. The molecular weight excluding hydrogens is 269 g/mol. The quantitative estimate of drug-likeness (QED) is 0.695. The number of aryl methyl sites for hydroxylation is 1. The molecule has 0 fully saturated rings. The molecule has 0 heterocycles. The maximum atomic E-state index is 6.11. The second kappa shape index (κ2) is 9.62. The second-order valence-corrected chi connectivity index (χ2v) is 5.13. The van der Waals surface area contributed by atoms with Gasteiger partial charge in [-0.05, 0) is 49.6 Å². The van der Waals surface area contributed by atoms with Gasteiger partial charge in [-0.15, -0.1) is 0 Å². The summed E-state index contributed by atoms with van der Waals surface area (Å²) in [7, 11) is 1.72. The first-order valence-electron chi connectivity index (χ1n) is 6.37. The lowest BCUT2D eigenvalue weighted by molar-refractivity contribution is 0.199. The molecule has 0 aliphatic rings. The zero-order valence-electron chi connectivity index (χ0n) is 10.8. The minimum absolute atomic E-state index is 0.760. The zero-order chi connectivity index (χ0) is 13.2. The van der Waals surface area contributed by atoms with Crippen LogP contribution in [-0.2, 0) is 11.2 Å². The fraction of sp³-hybridized carbons (Fsp3) is 0.571. The normalized spacial score (nSPS) is 10.8. The number of methoxy groups -OCH3 is 1. The van der Waals surface area contributed by atoms with E-state index in [2.05, 4.69) is 5.32 Å². The zero-order valence-corrected chi connectivity index (χ0v) is 12.4. The van der Waals surface area contributed by atoms with Gasteiger partial charge in [0.1, 0.15) is 0 Å². The van der Waals surface area contributed by atoms with Crippen LogP contribution in [-0.4, -0.2) is 26.8 Å². The highest BCUT2D eigenvalue weighted by molar-refractivity contribution is 6.33. The molecule has 0 spiro atoms. The van der Waals surface area contributed by atoms with Gasteiger partial charge in [-0.2, -0.15) is 0 Å². The van der Waals surface area contributed by atoms with Gasteiger partial charge in [0.05, 0.1) is 6.61 Å². The molecule has 4 heteroatoms. The van der Waals surface area contributed by atoms with Crippen molar-refractivity contribution in [3.63, 3.8) is 0 Å². The van der Waals surface area contributed by atoms with E-state index < -0.39 is 0 Å². The molecule has 0 atom stereocenters. The summed E-state index contributed by atoms with van der Waals surface area (Å²) in [6, 6.07) is 5.65. The smallest absolute Gasteiger partial charge is 0.0587 e. The highest BCUT2D eigenvalue weighted by atomic mass is 35.5. The number of halogens is 2. The van der Waals surface area contributed by atoms with Gasteiger partial charge < -0.3 is 10.1 Å². The Morgan fingerprint density at radius 3 is 2.72 bits per heavy atom. The molecule has 1 rings (SSSR count). The monoisotopic (exact) mass is 289 g/mol. The average molecular weight is 290 g/mol. The Morgan fingerprint density at radius 1 is 1.11 bits per heavy atom. The van der Waals surface area contributed by atoms with E-state index in [-0.39, 0.29) is 0 Å². The van der Waals surface area contributed by atoms with Crippen LogP contribution in [0, 0.1) is 0 Å². The fourth-order valence-corrected chi connectivity index (χ4v) is 2.18. The van der Waals surface area contributed by atoms with Crippen LogP contribution in [0.25, 0.3) is 0 Å². The number of ether oxygens (including phenoxy) is 1. The van der Waals surface area contributed by atoms with Crippen LogP contribution in [0.2, 0.25) is 10.0 Å². The largest absolute Gasteiger partial charge is 0.383 e. The van der Waals surface area contributed by atoms with E-state index in [0.717, 1.165) is 48.1 Å². The lowest BCUT2D eigenvalue weighted by Gasteiger charge is -2.06. The topological polar surface area (TPSA) is 21.3 Å². The van der Waals surface area contributed by atoms with E-state index in [0.29, 0.717) is 0 Å². The maximum absolute atomic E-state index is 6.11. The van der Waals surface area contributed by atoms with Gasteiger partial charge in [-0.3, -0.25) is 0 Å². The first-order valence-corrected chi connectivity index (χ1v) is 7.13. The Hall–Kier alpha value is -0.280. The van der Waals surface area contributed by atoms with E-state index in [4.69, 9.17) is 27.9 Å². The first kappa shape index (κ1) is 15.8. The third-order valence-electron chi connectivity index (χ3n) is 2.79. The van der Waals surface area contributed by atoms with Crippen molar-refractivity contribution < 1.29 is 4.74 Å². The van der Waals surface area contributed by atoms with Crippen molar-refractivity contribution in [1.82, 2.24) is 5.32 Å². The van der Waals surface area contributed by atoms with E-state index in [1.807, 2.05) is 18.2 Å². The van der Waals surface area contributed by atoms with Crippen molar-refractivity contribution >= 4 is 23.2 Å². The predicted octanol–water partition coefficient (Wildman–Crippen LogP) is 3.94. The van der Waals surface area contributed by atoms with Gasteiger partial charge in [0, 0.05) is 23.7 Å². The summed E-state index contributed by atoms with van der Waals surface area (Å²) in [6.45, 7) is 2.75. The number of hydrogen-bond acceptors (Lipinski definition) is 2. The Bertz CT molecular complexity index is 345. The number of nitrogens with one attached hydrogen (secondary N) is 1. The standard InChI is InChI=1S/C14H21Cl2NO/c1-18-10-9-17-8-4-2-3-5-12-11-13(15)6-7-14(12)16/h6-7,11,17H,2-5,8-10H2,1H3. The highest BCUT2D eigenvalue weighted by Crippen LogP contribution is 2.22. The van der Waals surface area contributed by atoms with Crippen LogP contribution in [0.5, 0.6) is 0 Å². The minimum Gasteiger partial charge on any atom is -0.383 e. The molecule has 0 aromatic heterocycles. The molecule has 18 heavy (non-hydrogen) atoms. The Morgan fingerprint density at radius 2 is 1.94 bits per heavy atom. The second-order valence-electron chi connectivity index (χ2n) is 4.29. The molecule has 1 aromatic carbocycles. The molecule has 2 nitrogen and oxygen atoms in total. The van der Waals surface area contributed by atoms with Crippen LogP contribution < -0.4 is 5.32 Å². The van der Waals surface area contributed by atoms with Gasteiger partial charge >= 0.3 is 0 Å². The molecule has 0 unspecified atom stereocenters. The summed E-state index contributed by atoms with van der Waals surface area (Å²) in [5.74, 6) is 0. The minimum atomic E-state index is 0.760. The van der Waals surface area contributed by atoms with Crippen molar-refractivity contribution in [2.45, 2.75) is 25.7 Å². The van der Waals surface area contributed by atoms with Crippen LogP contribution in [0.4, 0.5) is 0 Å². The summed E-state index contributed by atoms with van der Waals surface area (Å²) in [6.07, 6.45) is 4.52. The van der Waals surface area contributed by atoms with E-state index >= 15 is 0 Å². The lowest BCUT2D eigenvalue weighted by atomic mass is 10.1. The predicted molar refractivity (Wildman–Crippen MR) is 78.8 cm³/mol. The van der Waals surface area contributed by atoms with E-state index in [9.17, 15) is 0 Å². The maximum Gasteiger partial charge on any atom is 0.0587 e. The molecule has 0 amide bonds. The number of rotatable bonds is 9. The molecule has 1 aromatic rings. The van der Waals surface area contributed by atoms with E-state index in [1.165, 1.54) is 12.8 Å². The molecule has 0 bridgehead atoms. The van der Waals surface area contributed by atoms with Crippen molar-refractivity contribution in [2.75, 3.05) is 26.8 Å². The van der Waals surface area contributed by atoms with Crippen molar-refractivity contribution in [2.24, 2.45) is 0 Å². The van der Waals surface area contributed by atoms with Crippen molar-refractivity contribution in [3.8, 4) is 0 Å². The SMILES string of the molecule is COCCNCCCCCc1cc(Cl)ccc1Cl. The van der Waals surface area contributed by atoms with Crippen LogP contribution in [0.15, 0.2) is 18.2 Å². The van der Waals surface area contributed by atoms with Gasteiger partial charge in [-0.25, -0.2) is 0 Å². The first-order chi connectivity index (χ1) is 8.74. The third-order valence-corrected chi connectivity index (χ3v) is 3.39. The molecule has 0 radical (unpaired) electrons. The van der Waals surface area contributed by atoms with Gasteiger partial charge in [0.25, 0.3) is 0 Å². The highest BCUT2D eigenvalue weighted by Gasteiger charge is 2.01. The molecule has 0 saturated heterocycles. The molecular formula is C14H21Cl2NO. The molecule has 0 aliphatic heterocycles. The Balaban J connectivity index is 2.09. The number of benzene rings is 1. The van der Waals surface area contributed by atoms with Gasteiger partial charge in [0.2, 0.25) is 0 Å². The van der Waals surface area contributed by atoms with Crippen LogP contribution in [0.3, 0.4) is 0 Å². The fourth-order valence-electron chi connectivity index (χ4n) is 1.78. The molecule has 102 valence electrons. The summed E-state index contributed by atoms with van der Waals surface area (Å²) >= 11 is 12.1. The number of hydrogen-bond donors (Lipinski definition) is 1. The van der Waals surface area contributed by atoms with Crippen molar-refractivity contribution in [1.29, 1.82) is 0 Å². The van der Waals surface area contributed by atoms with Gasteiger partial charge in [0.15, 0.2) is 0 Å². The summed E-state index contributed by atoms with van der Waals surface area (Å²) in [5, 5.41) is 4.91. The summed E-state index contributed by atoms with van der Waals surface area (Å²) < 4.78 is 4.96. The van der Waals surface area contributed by atoms with Crippen molar-refractivity contribution in [3.05, 3.63) is 33.8 Å². The number of unbranched alkanes of at least 4 members (excludes halogenated alkanes) is 2.